The predicted molar refractivity (Wildman–Crippen MR) is 90.5 cm³/mol. The second-order valence-corrected chi connectivity index (χ2v) is 7.22. The van der Waals surface area contributed by atoms with Gasteiger partial charge in [-0.25, -0.2) is 4.39 Å². The fourth-order valence-electron chi connectivity index (χ4n) is 3.07. The van der Waals surface area contributed by atoms with Gasteiger partial charge in [0.25, 0.3) is 5.91 Å². The number of rotatable bonds is 3. The maximum Gasteiger partial charge on any atom is 0.306 e. The summed E-state index contributed by atoms with van der Waals surface area (Å²) in [4.78, 5) is 27.1. The fourth-order valence-corrected chi connectivity index (χ4v) is 4.05. The van der Waals surface area contributed by atoms with Gasteiger partial charge in [0.15, 0.2) is 0 Å². The standard InChI is InChI=1S/C18H18FNO3S/c1-11-10-20(9-8-14(11)18(22)23)17(21)16-7-6-15(24-16)12-2-4-13(19)5-3-12/h2-7,11,14H,8-10H2,1H3,(H,22,23). The van der Waals surface area contributed by atoms with Gasteiger partial charge < -0.3 is 10.0 Å². The van der Waals surface area contributed by atoms with Crippen LogP contribution in [0.5, 0.6) is 0 Å². The van der Waals surface area contributed by atoms with Gasteiger partial charge >= 0.3 is 5.97 Å². The maximum atomic E-state index is 13.0. The van der Waals surface area contributed by atoms with Crippen molar-refractivity contribution >= 4 is 23.2 Å². The SMILES string of the molecule is CC1CN(C(=O)c2ccc(-c3ccc(F)cc3)s2)CCC1C(=O)O. The summed E-state index contributed by atoms with van der Waals surface area (Å²) in [5.74, 6) is -1.58. The minimum atomic E-state index is -0.788. The highest BCUT2D eigenvalue weighted by atomic mass is 32.1. The summed E-state index contributed by atoms with van der Waals surface area (Å²) in [6.07, 6.45) is 0.485. The third kappa shape index (κ3) is 3.33. The zero-order valence-corrected chi connectivity index (χ0v) is 14.1. The van der Waals surface area contributed by atoms with Gasteiger partial charge in [0.1, 0.15) is 5.82 Å². The van der Waals surface area contributed by atoms with Crippen LogP contribution in [0.25, 0.3) is 10.4 Å². The number of halogens is 1. The first-order chi connectivity index (χ1) is 11.5. The van der Waals surface area contributed by atoms with Crippen molar-refractivity contribution in [3.63, 3.8) is 0 Å². The topological polar surface area (TPSA) is 57.6 Å². The third-order valence-electron chi connectivity index (χ3n) is 4.46. The second-order valence-electron chi connectivity index (χ2n) is 6.13. The van der Waals surface area contributed by atoms with E-state index in [1.165, 1.54) is 23.5 Å². The Morgan fingerprint density at radius 1 is 1.21 bits per heavy atom. The normalized spacial score (nSPS) is 20.8. The Kier molecular flexibility index (Phi) is 4.66. The molecule has 1 N–H and O–H groups in total. The van der Waals surface area contributed by atoms with Gasteiger partial charge in [0, 0.05) is 18.0 Å². The van der Waals surface area contributed by atoms with Crippen LogP contribution in [0.2, 0.25) is 0 Å². The van der Waals surface area contributed by atoms with E-state index in [0.29, 0.717) is 24.4 Å². The minimum absolute atomic E-state index is 0.0586. The lowest BCUT2D eigenvalue weighted by atomic mass is 9.87. The number of nitrogens with zero attached hydrogens (tertiary/aromatic N) is 1. The van der Waals surface area contributed by atoms with E-state index >= 15 is 0 Å². The van der Waals surface area contributed by atoms with Gasteiger partial charge in [-0.2, -0.15) is 0 Å². The molecular weight excluding hydrogens is 329 g/mol. The molecule has 1 saturated heterocycles. The molecule has 1 aromatic carbocycles. The molecule has 2 heterocycles. The van der Waals surface area contributed by atoms with Crippen molar-refractivity contribution < 1.29 is 19.1 Å². The van der Waals surface area contributed by atoms with Crippen LogP contribution in [0.15, 0.2) is 36.4 Å². The van der Waals surface area contributed by atoms with Crippen molar-refractivity contribution in [2.45, 2.75) is 13.3 Å². The molecule has 0 spiro atoms. The van der Waals surface area contributed by atoms with Crippen LogP contribution in [-0.4, -0.2) is 35.0 Å². The van der Waals surface area contributed by atoms with Gasteiger partial charge in [-0.3, -0.25) is 9.59 Å². The zero-order valence-electron chi connectivity index (χ0n) is 13.2. The monoisotopic (exact) mass is 347 g/mol. The molecular formula is C18H18FNO3S. The molecule has 3 rings (SSSR count). The first kappa shape index (κ1) is 16.6. The fraction of sp³-hybridized carbons (Fsp3) is 0.333. The van der Waals surface area contributed by atoms with Gasteiger partial charge in [-0.15, -0.1) is 11.3 Å². The predicted octanol–water partition coefficient (Wildman–Crippen LogP) is 3.74. The summed E-state index contributed by atoms with van der Waals surface area (Å²) >= 11 is 1.37. The lowest BCUT2D eigenvalue weighted by molar-refractivity contribution is -0.145. The van der Waals surface area contributed by atoms with Crippen LogP contribution in [0, 0.1) is 17.7 Å². The number of carbonyl (C=O) groups excluding carboxylic acids is 1. The summed E-state index contributed by atoms with van der Waals surface area (Å²) < 4.78 is 13.0. The van der Waals surface area contributed by atoms with E-state index in [0.717, 1.165) is 10.4 Å². The van der Waals surface area contributed by atoms with Crippen LogP contribution in [0.1, 0.15) is 23.0 Å². The molecule has 0 aliphatic carbocycles. The van der Waals surface area contributed by atoms with E-state index in [4.69, 9.17) is 0 Å². The van der Waals surface area contributed by atoms with Crippen molar-refractivity contribution in [2.24, 2.45) is 11.8 Å². The molecule has 0 saturated carbocycles. The van der Waals surface area contributed by atoms with Crippen LogP contribution < -0.4 is 0 Å². The van der Waals surface area contributed by atoms with Crippen LogP contribution >= 0.6 is 11.3 Å². The number of carboxylic acid groups (broad SMARTS) is 1. The zero-order chi connectivity index (χ0) is 17.3. The molecule has 1 fully saturated rings. The van der Waals surface area contributed by atoms with E-state index in [2.05, 4.69) is 0 Å². The number of hydrogen-bond donors (Lipinski definition) is 1. The maximum absolute atomic E-state index is 13.0. The molecule has 1 aromatic heterocycles. The Hall–Kier alpha value is -2.21. The molecule has 1 aliphatic heterocycles. The number of piperidine rings is 1. The van der Waals surface area contributed by atoms with Crippen molar-refractivity contribution in [3.05, 3.63) is 47.1 Å². The number of aliphatic carboxylic acids is 1. The summed E-state index contributed by atoms with van der Waals surface area (Å²) in [5.41, 5.74) is 0.874. The number of likely N-dealkylation sites (tertiary alicyclic amines) is 1. The minimum Gasteiger partial charge on any atom is -0.481 e. The van der Waals surface area contributed by atoms with Gasteiger partial charge in [-0.1, -0.05) is 19.1 Å². The number of carboxylic acids is 1. The quantitative estimate of drug-likeness (QED) is 0.920. The molecule has 4 nitrogen and oxygen atoms in total. The highest BCUT2D eigenvalue weighted by molar-refractivity contribution is 7.17. The number of hydrogen-bond acceptors (Lipinski definition) is 3. The van der Waals surface area contributed by atoms with Gasteiger partial charge in [0.05, 0.1) is 10.8 Å². The molecule has 126 valence electrons. The van der Waals surface area contributed by atoms with Crippen LogP contribution in [0.4, 0.5) is 4.39 Å². The van der Waals surface area contributed by atoms with Crippen molar-refractivity contribution in [1.29, 1.82) is 0 Å². The van der Waals surface area contributed by atoms with Crippen LogP contribution in [0.3, 0.4) is 0 Å². The number of carbonyl (C=O) groups is 2. The first-order valence-electron chi connectivity index (χ1n) is 7.83. The molecule has 2 aromatic rings. The van der Waals surface area contributed by atoms with E-state index < -0.39 is 5.97 Å². The lowest BCUT2D eigenvalue weighted by Gasteiger charge is -2.34. The van der Waals surface area contributed by atoms with Crippen molar-refractivity contribution in [3.8, 4) is 10.4 Å². The Bertz CT molecular complexity index is 756. The van der Waals surface area contributed by atoms with Crippen molar-refractivity contribution in [2.75, 3.05) is 13.1 Å². The number of thiophene rings is 1. The second kappa shape index (κ2) is 6.73. The summed E-state index contributed by atoms with van der Waals surface area (Å²) in [5, 5.41) is 9.17. The average molecular weight is 347 g/mol. The van der Waals surface area contributed by atoms with Crippen molar-refractivity contribution in [1.82, 2.24) is 4.90 Å². The van der Waals surface area contributed by atoms with E-state index in [9.17, 15) is 19.1 Å². The molecule has 6 heteroatoms. The molecule has 2 unspecified atom stereocenters. The lowest BCUT2D eigenvalue weighted by Crippen LogP contribution is -2.44. The number of amides is 1. The van der Waals surface area contributed by atoms with E-state index in [1.807, 2.05) is 13.0 Å². The Morgan fingerprint density at radius 2 is 1.92 bits per heavy atom. The molecule has 24 heavy (non-hydrogen) atoms. The van der Waals surface area contributed by atoms with Gasteiger partial charge in [0.2, 0.25) is 0 Å². The highest BCUT2D eigenvalue weighted by Crippen LogP contribution is 2.31. The smallest absolute Gasteiger partial charge is 0.306 e. The summed E-state index contributed by atoms with van der Waals surface area (Å²) in [6, 6.07) is 9.81. The van der Waals surface area contributed by atoms with Crippen LogP contribution in [-0.2, 0) is 4.79 Å². The van der Waals surface area contributed by atoms with Gasteiger partial charge in [-0.05, 0) is 42.2 Å². The van der Waals surface area contributed by atoms with E-state index in [1.54, 1.807) is 23.1 Å². The molecule has 2 atom stereocenters. The average Bonchev–Trinajstić information content (AvgIpc) is 3.04. The Balaban J connectivity index is 1.72. The molecule has 0 radical (unpaired) electrons. The number of benzene rings is 1. The first-order valence-corrected chi connectivity index (χ1v) is 8.65. The Labute approximate surface area is 143 Å². The van der Waals surface area contributed by atoms with E-state index in [-0.39, 0.29) is 23.6 Å². The highest BCUT2D eigenvalue weighted by Gasteiger charge is 2.33. The Morgan fingerprint density at radius 3 is 2.54 bits per heavy atom. The summed E-state index contributed by atoms with van der Waals surface area (Å²) in [7, 11) is 0. The molecule has 0 bridgehead atoms. The molecule has 1 aliphatic rings. The molecule has 1 amide bonds. The largest absolute Gasteiger partial charge is 0.481 e. The summed E-state index contributed by atoms with van der Waals surface area (Å²) in [6.45, 7) is 2.79. The third-order valence-corrected chi connectivity index (χ3v) is 5.58.